The van der Waals surface area contributed by atoms with E-state index in [0.717, 1.165) is 48.6 Å². The number of halogens is 2. The van der Waals surface area contributed by atoms with Gasteiger partial charge in [-0.3, -0.25) is 4.90 Å². The smallest absolute Gasteiger partial charge is 0.137 e. The average molecular weight is 382 g/mol. The summed E-state index contributed by atoms with van der Waals surface area (Å²) in [6.07, 6.45) is 1.02. The molecular formula is C13H17ClINO2. The fraction of sp³-hybridized carbons (Fsp3) is 0.538. The van der Waals surface area contributed by atoms with Crippen LogP contribution in [0.25, 0.3) is 0 Å². The summed E-state index contributed by atoms with van der Waals surface area (Å²) in [6, 6.07) is 5.85. The molecule has 100 valence electrons. The molecule has 1 aliphatic rings. The maximum atomic E-state index is 6.10. The molecule has 0 bridgehead atoms. The monoisotopic (exact) mass is 381 g/mol. The lowest BCUT2D eigenvalue weighted by Gasteiger charge is -2.26. The van der Waals surface area contributed by atoms with E-state index < -0.39 is 0 Å². The number of benzene rings is 1. The molecule has 18 heavy (non-hydrogen) atoms. The van der Waals surface area contributed by atoms with Crippen LogP contribution in [0.2, 0.25) is 5.02 Å². The Hall–Kier alpha value is -0.0400. The van der Waals surface area contributed by atoms with Gasteiger partial charge in [-0.2, -0.15) is 0 Å². The van der Waals surface area contributed by atoms with Gasteiger partial charge in [0, 0.05) is 23.2 Å². The van der Waals surface area contributed by atoms with Gasteiger partial charge in [-0.25, -0.2) is 0 Å². The normalized spacial score (nSPS) is 16.8. The van der Waals surface area contributed by atoms with E-state index in [1.54, 1.807) is 0 Å². The van der Waals surface area contributed by atoms with Crippen LogP contribution >= 0.6 is 34.2 Å². The lowest BCUT2D eigenvalue weighted by Crippen LogP contribution is -2.37. The van der Waals surface area contributed by atoms with Crippen molar-refractivity contribution in [3.8, 4) is 5.75 Å². The van der Waals surface area contributed by atoms with E-state index >= 15 is 0 Å². The van der Waals surface area contributed by atoms with E-state index in [4.69, 9.17) is 21.1 Å². The molecule has 0 aliphatic carbocycles. The molecule has 1 saturated heterocycles. The summed E-state index contributed by atoms with van der Waals surface area (Å²) in [5.74, 6) is 0.777. The van der Waals surface area contributed by atoms with E-state index in [1.165, 1.54) is 0 Å². The van der Waals surface area contributed by atoms with Crippen LogP contribution in [0.3, 0.4) is 0 Å². The Labute approximate surface area is 127 Å². The molecule has 1 fully saturated rings. The minimum Gasteiger partial charge on any atom is -0.492 e. The summed E-state index contributed by atoms with van der Waals surface area (Å²) >= 11 is 8.34. The lowest BCUT2D eigenvalue weighted by atomic mass is 10.3. The minimum absolute atomic E-state index is 0.688. The SMILES string of the molecule is Clc1cc(I)ccc1OCCCN1CCOCC1. The van der Waals surface area contributed by atoms with Crippen LogP contribution in [0.5, 0.6) is 5.75 Å². The first-order valence-corrected chi connectivity index (χ1v) is 7.59. The van der Waals surface area contributed by atoms with Crippen molar-refractivity contribution in [1.29, 1.82) is 0 Å². The predicted molar refractivity (Wildman–Crippen MR) is 81.5 cm³/mol. The maximum Gasteiger partial charge on any atom is 0.137 e. The summed E-state index contributed by atoms with van der Waals surface area (Å²) < 4.78 is 12.1. The number of hydrogen-bond acceptors (Lipinski definition) is 3. The van der Waals surface area contributed by atoms with Crippen molar-refractivity contribution < 1.29 is 9.47 Å². The number of morpholine rings is 1. The second-order valence-electron chi connectivity index (χ2n) is 4.23. The zero-order valence-electron chi connectivity index (χ0n) is 10.2. The van der Waals surface area contributed by atoms with Crippen LogP contribution < -0.4 is 4.74 Å². The van der Waals surface area contributed by atoms with Gasteiger partial charge in [0.1, 0.15) is 5.75 Å². The molecular weight excluding hydrogens is 365 g/mol. The van der Waals surface area contributed by atoms with Gasteiger partial charge in [-0.05, 0) is 47.2 Å². The Morgan fingerprint density at radius 2 is 2.11 bits per heavy atom. The van der Waals surface area contributed by atoms with Gasteiger partial charge in [-0.15, -0.1) is 0 Å². The van der Waals surface area contributed by atoms with Gasteiger partial charge in [0.2, 0.25) is 0 Å². The number of hydrogen-bond donors (Lipinski definition) is 0. The fourth-order valence-corrected chi connectivity index (χ4v) is 2.80. The summed E-state index contributed by atoms with van der Waals surface area (Å²) in [7, 11) is 0. The zero-order chi connectivity index (χ0) is 12.8. The average Bonchev–Trinajstić information content (AvgIpc) is 2.38. The third-order valence-electron chi connectivity index (χ3n) is 2.87. The van der Waals surface area contributed by atoms with Gasteiger partial charge >= 0.3 is 0 Å². The summed E-state index contributed by atoms with van der Waals surface area (Å²) in [4.78, 5) is 2.41. The molecule has 5 heteroatoms. The molecule has 0 aromatic heterocycles. The number of rotatable bonds is 5. The van der Waals surface area contributed by atoms with Gasteiger partial charge in [0.15, 0.2) is 0 Å². The summed E-state index contributed by atoms with van der Waals surface area (Å²) in [5, 5.41) is 0.688. The highest BCUT2D eigenvalue weighted by Crippen LogP contribution is 2.26. The Bertz CT molecular complexity index is 383. The topological polar surface area (TPSA) is 21.7 Å². The van der Waals surface area contributed by atoms with E-state index in [0.29, 0.717) is 11.6 Å². The fourth-order valence-electron chi connectivity index (χ4n) is 1.89. The third kappa shape index (κ3) is 4.57. The van der Waals surface area contributed by atoms with Crippen molar-refractivity contribution in [2.45, 2.75) is 6.42 Å². The van der Waals surface area contributed by atoms with Crippen LogP contribution in [-0.2, 0) is 4.74 Å². The number of ether oxygens (including phenoxy) is 2. The Morgan fingerprint density at radius 3 is 2.83 bits per heavy atom. The second kappa shape index (κ2) is 7.53. The molecule has 0 radical (unpaired) electrons. The summed E-state index contributed by atoms with van der Waals surface area (Å²) in [5.41, 5.74) is 0. The zero-order valence-corrected chi connectivity index (χ0v) is 13.1. The summed E-state index contributed by atoms with van der Waals surface area (Å²) in [6.45, 7) is 5.53. The molecule has 3 nitrogen and oxygen atoms in total. The number of nitrogens with zero attached hydrogens (tertiary/aromatic N) is 1. The minimum atomic E-state index is 0.688. The highest BCUT2D eigenvalue weighted by atomic mass is 127. The van der Waals surface area contributed by atoms with Crippen LogP contribution in [0.15, 0.2) is 18.2 Å². The van der Waals surface area contributed by atoms with Crippen molar-refractivity contribution >= 4 is 34.2 Å². The molecule has 1 heterocycles. The van der Waals surface area contributed by atoms with Crippen molar-refractivity contribution in [1.82, 2.24) is 4.90 Å². The van der Waals surface area contributed by atoms with Crippen molar-refractivity contribution in [3.05, 3.63) is 26.8 Å². The van der Waals surface area contributed by atoms with Crippen molar-refractivity contribution in [2.75, 3.05) is 39.5 Å². The second-order valence-corrected chi connectivity index (χ2v) is 5.88. The quantitative estimate of drug-likeness (QED) is 0.578. The Balaban J connectivity index is 1.68. The molecule has 2 rings (SSSR count). The molecule has 0 N–H and O–H groups in total. The van der Waals surface area contributed by atoms with Crippen LogP contribution in [0.1, 0.15) is 6.42 Å². The molecule has 0 amide bonds. The molecule has 0 unspecified atom stereocenters. The first-order chi connectivity index (χ1) is 8.75. The van der Waals surface area contributed by atoms with Crippen molar-refractivity contribution in [3.63, 3.8) is 0 Å². The van der Waals surface area contributed by atoms with E-state index in [2.05, 4.69) is 27.5 Å². The highest BCUT2D eigenvalue weighted by molar-refractivity contribution is 14.1. The largest absolute Gasteiger partial charge is 0.492 e. The predicted octanol–water partition coefficient (Wildman–Crippen LogP) is 3.05. The van der Waals surface area contributed by atoms with E-state index in [-0.39, 0.29) is 0 Å². The standard InChI is InChI=1S/C13H17ClINO2/c14-12-10-11(15)2-3-13(12)18-7-1-4-16-5-8-17-9-6-16/h2-3,10H,1,4-9H2. The molecule has 0 saturated carbocycles. The first kappa shape index (κ1) is 14.4. The highest BCUT2D eigenvalue weighted by Gasteiger charge is 2.09. The van der Waals surface area contributed by atoms with Gasteiger partial charge < -0.3 is 9.47 Å². The molecule has 0 atom stereocenters. The van der Waals surface area contributed by atoms with Crippen molar-refractivity contribution in [2.24, 2.45) is 0 Å². The van der Waals surface area contributed by atoms with Crippen LogP contribution in [-0.4, -0.2) is 44.4 Å². The van der Waals surface area contributed by atoms with Gasteiger partial charge in [0.25, 0.3) is 0 Å². The van der Waals surface area contributed by atoms with E-state index in [9.17, 15) is 0 Å². The molecule has 1 aromatic rings. The molecule has 0 spiro atoms. The lowest BCUT2D eigenvalue weighted by molar-refractivity contribution is 0.0358. The maximum absolute atomic E-state index is 6.10. The first-order valence-electron chi connectivity index (χ1n) is 6.13. The van der Waals surface area contributed by atoms with Crippen LogP contribution in [0, 0.1) is 3.57 Å². The molecule has 1 aliphatic heterocycles. The Morgan fingerprint density at radius 1 is 1.33 bits per heavy atom. The Kier molecular flexibility index (Phi) is 6.01. The third-order valence-corrected chi connectivity index (χ3v) is 3.84. The van der Waals surface area contributed by atoms with E-state index in [1.807, 2.05) is 18.2 Å². The van der Waals surface area contributed by atoms with Gasteiger partial charge in [-0.1, -0.05) is 11.6 Å². The van der Waals surface area contributed by atoms with Gasteiger partial charge in [0.05, 0.1) is 24.8 Å². The van der Waals surface area contributed by atoms with Crippen LogP contribution in [0.4, 0.5) is 0 Å². The molecule has 1 aromatic carbocycles.